The molecule has 1 aliphatic carbocycles. The third kappa shape index (κ3) is 2.83. The summed E-state index contributed by atoms with van der Waals surface area (Å²) < 4.78 is 39.9. The number of aliphatic carboxylic acids is 1. The molecule has 24 heavy (non-hydrogen) atoms. The van der Waals surface area contributed by atoms with Crippen LogP contribution < -0.4 is 5.32 Å². The van der Waals surface area contributed by atoms with Gasteiger partial charge in [0.05, 0.1) is 11.5 Å². The lowest BCUT2D eigenvalue weighted by Crippen LogP contribution is -2.47. The van der Waals surface area contributed by atoms with Crippen molar-refractivity contribution in [3.63, 3.8) is 0 Å². The van der Waals surface area contributed by atoms with Gasteiger partial charge in [-0.2, -0.15) is 13.2 Å². The Kier molecular flexibility index (Phi) is 3.77. The van der Waals surface area contributed by atoms with Gasteiger partial charge in [-0.1, -0.05) is 0 Å². The summed E-state index contributed by atoms with van der Waals surface area (Å²) in [5.74, 6) is -1.75. The van der Waals surface area contributed by atoms with E-state index in [9.17, 15) is 22.8 Å². The van der Waals surface area contributed by atoms with Crippen molar-refractivity contribution >= 4 is 22.8 Å². The fourth-order valence-electron chi connectivity index (χ4n) is 2.94. The molecule has 1 fully saturated rings. The molecule has 0 bridgehead atoms. The number of nitrogens with zero attached hydrogens (tertiary/aromatic N) is 1. The first-order valence-electron chi connectivity index (χ1n) is 7.37. The summed E-state index contributed by atoms with van der Waals surface area (Å²) in [7, 11) is 1.60. The molecule has 0 unspecified atom stereocenters. The van der Waals surface area contributed by atoms with Gasteiger partial charge in [-0.15, -0.1) is 0 Å². The molecule has 0 aliphatic heterocycles. The van der Waals surface area contributed by atoms with E-state index in [-0.39, 0.29) is 11.7 Å². The van der Waals surface area contributed by atoms with Crippen molar-refractivity contribution in [2.75, 3.05) is 0 Å². The highest BCUT2D eigenvalue weighted by molar-refractivity contribution is 5.99. The number of amides is 1. The summed E-state index contributed by atoms with van der Waals surface area (Å²) in [5.41, 5.74) is -0.0101. The van der Waals surface area contributed by atoms with Crippen LogP contribution in [0.3, 0.4) is 0 Å². The smallest absolute Gasteiger partial charge is 0.416 e. The quantitative estimate of drug-likeness (QED) is 0.903. The minimum Gasteiger partial charge on any atom is -0.481 e. The SMILES string of the molecule is Cn1c(C(=O)NC2CC(C(=O)O)C2)cc2cc(C(F)(F)F)ccc21. The van der Waals surface area contributed by atoms with Crippen molar-refractivity contribution in [2.45, 2.75) is 25.1 Å². The number of halogens is 3. The zero-order valence-corrected chi connectivity index (χ0v) is 12.7. The number of aromatic nitrogens is 1. The molecule has 1 heterocycles. The van der Waals surface area contributed by atoms with Crippen LogP contribution >= 0.6 is 0 Å². The van der Waals surface area contributed by atoms with Gasteiger partial charge in [-0.25, -0.2) is 0 Å². The predicted molar refractivity (Wildman–Crippen MR) is 79.5 cm³/mol. The van der Waals surface area contributed by atoms with Crippen molar-refractivity contribution < 1.29 is 27.9 Å². The first-order chi connectivity index (χ1) is 11.2. The Morgan fingerprint density at radius 1 is 1.25 bits per heavy atom. The van der Waals surface area contributed by atoms with Crippen LogP contribution in [0, 0.1) is 5.92 Å². The molecule has 5 nitrogen and oxygen atoms in total. The van der Waals surface area contributed by atoms with Gasteiger partial charge in [0.2, 0.25) is 0 Å². The number of hydrogen-bond acceptors (Lipinski definition) is 2. The summed E-state index contributed by atoms with van der Waals surface area (Å²) in [6.07, 6.45) is -3.71. The molecule has 0 saturated heterocycles. The summed E-state index contributed by atoms with van der Waals surface area (Å²) in [5, 5.41) is 11.9. The number of aryl methyl sites for hydroxylation is 1. The largest absolute Gasteiger partial charge is 0.481 e. The predicted octanol–water partition coefficient (Wildman–Crippen LogP) is 2.79. The maximum absolute atomic E-state index is 12.8. The minimum absolute atomic E-state index is 0.220. The van der Waals surface area contributed by atoms with Gasteiger partial charge >= 0.3 is 12.1 Å². The fraction of sp³-hybridized carbons (Fsp3) is 0.375. The van der Waals surface area contributed by atoms with Gasteiger partial charge < -0.3 is 15.0 Å². The van der Waals surface area contributed by atoms with Crippen molar-refractivity contribution in [1.29, 1.82) is 0 Å². The number of rotatable bonds is 3. The zero-order valence-electron chi connectivity index (χ0n) is 12.7. The van der Waals surface area contributed by atoms with E-state index in [1.807, 2.05) is 0 Å². The molecule has 128 valence electrons. The van der Waals surface area contributed by atoms with Crippen LogP contribution in [0.15, 0.2) is 24.3 Å². The number of carbonyl (C=O) groups is 2. The van der Waals surface area contributed by atoms with Crippen LogP contribution in [0.2, 0.25) is 0 Å². The lowest BCUT2D eigenvalue weighted by Gasteiger charge is -2.32. The highest BCUT2D eigenvalue weighted by atomic mass is 19.4. The molecule has 1 aliphatic rings. The monoisotopic (exact) mass is 340 g/mol. The minimum atomic E-state index is -4.44. The van der Waals surface area contributed by atoms with E-state index in [1.54, 1.807) is 7.05 Å². The van der Waals surface area contributed by atoms with Gasteiger partial charge in [0.25, 0.3) is 5.91 Å². The average Bonchev–Trinajstić information content (AvgIpc) is 2.77. The van der Waals surface area contributed by atoms with Crippen LogP contribution in [0.25, 0.3) is 10.9 Å². The van der Waals surface area contributed by atoms with E-state index in [0.29, 0.717) is 23.7 Å². The second kappa shape index (κ2) is 5.54. The summed E-state index contributed by atoms with van der Waals surface area (Å²) in [6.45, 7) is 0. The van der Waals surface area contributed by atoms with E-state index >= 15 is 0 Å². The summed E-state index contributed by atoms with van der Waals surface area (Å²) in [6, 6.07) is 4.51. The van der Waals surface area contributed by atoms with Gasteiger partial charge in [0.1, 0.15) is 5.69 Å². The molecule has 3 rings (SSSR count). The van der Waals surface area contributed by atoms with E-state index in [4.69, 9.17) is 5.11 Å². The van der Waals surface area contributed by atoms with E-state index in [2.05, 4.69) is 5.32 Å². The number of hydrogen-bond donors (Lipinski definition) is 2. The maximum atomic E-state index is 12.8. The third-order valence-electron chi connectivity index (χ3n) is 4.42. The highest BCUT2D eigenvalue weighted by Crippen LogP contribution is 2.32. The number of carboxylic acids is 1. The topological polar surface area (TPSA) is 71.3 Å². The molecule has 1 saturated carbocycles. The Morgan fingerprint density at radius 3 is 2.50 bits per heavy atom. The molecule has 1 amide bonds. The van der Waals surface area contributed by atoms with Gasteiger partial charge in [0, 0.05) is 24.0 Å². The second-order valence-corrected chi connectivity index (χ2v) is 6.04. The molecule has 8 heteroatoms. The molecule has 1 aromatic carbocycles. The molecule has 2 N–H and O–H groups in total. The first-order valence-corrected chi connectivity index (χ1v) is 7.37. The fourth-order valence-corrected chi connectivity index (χ4v) is 2.94. The number of nitrogens with one attached hydrogen (secondary N) is 1. The van der Waals surface area contributed by atoms with Crippen molar-refractivity contribution in [1.82, 2.24) is 9.88 Å². The summed E-state index contributed by atoms with van der Waals surface area (Å²) >= 11 is 0. The number of fused-ring (bicyclic) bond motifs is 1. The molecular formula is C16H15F3N2O3. The summed E-state index contributed by atoms with van der Waals surface area (Å²) in [4.78, 5) is 23.1. The second-order valence-electron chi connectivity index (χ2n) is 6.04. The standard InChI is InChI=1S/C16H15F3N2O3/c1-21-12-3-2-10(16(17,18)19)4-8(12)7-13(21)14(22)20-11-5-9(6-11)15(23)24/h2-4,7,9,11H,5-6H2,1H3,(H,20,22)(H,23,24). The normalized spacial score (nSPS) is 20.7. The lowest BCUT2D eigenvalue weighted by atomic mass is 9.80. The number of benzene rings is 1. The third-order valence-corrected chi connectivity index (χ3v) is 4.42. The van der Waals surface area contributed by atoms with Crippen LogP contribution in [0.1, 0.15) is 28.9 Å². The maximum Gasteiger partial charge on any atom is 0.416 e. The molecule has 0 radical (unpaired) electrons. The Morgan fingerprint density at radius 2 is 1.92 bits per heavy atom. The molecular weight excluding hydrogens is 325 g/mol. The van der Waals surface area contributed by atoms with E-state index in [1.165, 1.54) is 16.7 Å². The van der Waals surface area contributed by atoms with Crippen molar-refractivity contribution in [2.24, 2.45) is 13.0 Å². The molecule has 0 spiro atoms. The Hall–Kier alpha value is -2.51. The van der Waals surface area contributed by atoms with Crippen LogP contribution in [-0.2, 0) is 18.0 Å². The van der Waals surface area contributed by atoms with Gasteiger partial charge in [-0.05, 0) is 37.1 Å². The van der Waals surface area contributed by atoms with Crippen molar-refractivity contribution in [3.05, 3.63) is 35.5 Å². The van der Waals surface area contributed by atoms with Gasteiger partial charge in [-0.3, -0.25) is 9.59 Å². The number of carbonyl (C=O) groups excluding carboxylic acids is 1. The Labute approximate surface area is 135 Å². The van der Waals surface area contributed by atoms with Crippen LogP contribution in [-0.4, -0.2) is 27.6 Å². The highest BCUT2D eigenvalue weighted by Gasteiger charge is 2.36. The Bertz CT molecular complexity index is 820. The van der Waals surface area contributed by atoms with Crippen LogP contribution in [0.5, 0.6) is 0 Å². The molecule has 2 aromatic rings. The average molecular weight is 340 g/mol. The number of carboxylic acid groups (broad SMARTS) is 1. The zero-order chi connectivity index (χ0) is 17.6. The Balaban J connectivity index is 1.81. The van der Waals surface area contributed by atoms with Crippen LogP contribution in [0.4, 0.5) is 13.2 Å². The molecule has 1 aromatic heterocycles. The number of alkyl halides is 3. The van der Waals surface area contributed by atoms with Crippen molar-refractivity contribution in [3.8, 4) is 0 Å². The molecule has 0 atom stereocenters. The van der Waals surface area contributed by atoms with E-state index in [0.717, 1.165) is 12.1 Å². The lowest BCUT2D eigenvalue weighted by molar-refractivity contribution is -0.145. The first kappa shape index (κ1) is 16.4. The van der Waals surface area contributed by atoms with E-state index < -0.39 is 29.5 Å². The van der Waals surface area contributed by atoms with Gasteiger partial charge in [0.15, 0.2) is 0 Å².